The lowest BCUT2D eigenvalue weighted by Crippen LogP contribution is -2.29. The quantitative estimate of drug-likeness (QED) is 0.616. The third kappa shape index (κ3) is 3.65. The van der Waals surface area contributed by atoms with Crippen LogP contribution >= 0.6 is 22.9 Å². The minimum atomic E-state index is -0.636. The molecule has 1 aromatic carbocycles. The van der Waals surface area contributed by atoms with Crippen molar-refractivity contribution in [3.05, 3.63) is 50.7 Å². The summed E-state index contributed by atoms with van der Waals surface area (Å²) in [6.45, 7) is 1.87. The van der Waals surface area contributed by atoms with Gasteiger partial charge in [0.15, 0.2) is 5.69 Å². The molecule has 29 heavy (non-hydrogen) atoms. The second-order valence-corrected chi connectivity index (χ2v) is 8.05. The maximum atomic E-state index is 13.3. The lowest BCUT2D eigenvalue weighted by molar-refractivity contribution is -0.122. The summed E-state index contributed by atoms with van der Waals surface area (Å²) in [6, 6.07) is 6.61. The Morgan fingerprint density at radius 3 is 2.83 bits per heavy atom. The Balaban J connectivity index is 1.90. The summed E-state index contributed by atoms with van der Waals surface area (Å²) in [4.78, 5) is 38.2. The highest BCUT2D eigenvalue weighted by Gasteiger charge is 2.28. The number of hydrogen-bond acceptors (Lipinski definition) is 6. The molecule has 1 fully saturated rings. The summed E-state index contributed by atoms with van der Waals surface area (Å²) in [7, 11) is 0. The van der Waals surface area contributed by atoms with Gasteiger partial charge in [0.1, 0.15) is 5.00 Å². The predicted octanol–water partition coefficient (Wildman–Crippen LogP) is 4.02. The maximum Gasteiger partial charge on any atom is 0.359 e. The number of anilines is 1. The molecule has 1 aliphatic carbocycles. The number of aromatic nitrogens is 2. The van der Waals surface area contributed by atoms with E-state index in [2.05, 4.69) is 10.4 Å². The summed E-state index contributed by atoms with van der Waals surface area (Å²) in [5.41, 5.74) is -0.0142. The van der Waals surface area contributed by atoms with E-state index in [0.717, 1.165) is 23.9 Å². The van der Waals surface area contributed by atoms with Crippen LogP contribution in [0, 0.1) is 5.92 Å². The molecule has 2 heterocycles. The molecule has 3 aromatic rings. The van der Waals surface area contributed by atoms with E-state index in [9.17, 15) is 14.4 Å². The molecule has 2 aromatic heterocycles. The molecule has 150 valence electrons. The number of ether oxygens (including phenoxy) is 1. The average molecular weight is 432 g/mol. The second-order valence-electron chi connectivity index (χ2n) is 6.74. The van der Waals surface area contributed by atoms with Crippen LogP contribution in [0.3, 0.4) is 0 Å². The van der Waals surface area contributed by atoms with E-state index >= 15 is 0 Å². The van der Waals surface area contributed by atoms with Gasteiger partial charge >= 0.3 is 5.97 Å². The maximum absolute atomic E-state index is 13.3. The first-order valence-corrected chi connectivity index (χ1v) is 10.5. The van der Waals surface area contributed by atoms with Gasteiger partial charge in [-0.05, 0) is 38.0 Å². The van der Waals surface area contributed by atoms with Crippen LogP contribution in [0.2, 0.25) is 5.02 Å². The van der Waals surface area contributed by atoms with Crippen LogP contribution in [0.5, 0.6) is 0 Å². The fraction of sp³-hybridized carbons (Fsp3) is 0.300. The molecule has 7 nitrogen and oxygen atoms in total. The Morgan fingerprint density at radius 2 is 2.17 bits per heavy atom. The summed E-state index contributed by atoms with van der Waals surface area (Å²) in [6.07, 6.45) is 2.72. The smallest absolute Gasteiger partial charge is 0.359 e. The van der Waals surface area contributed by atoms with Crippen LogP contribution in [0.15, 0.2) is 34.4 Å². The Labute approximate surface area is 175 Å². The van der Waals surface area contributed by atoms with Crippen LogP contribution in [0.4, 0.5) is 5.00 Å². The minimum absolute atomic E-state index is 0.0156. The van der Waals surface area contributed by atoms with Crippen molar-refractivity contribution >= 4 is 50.6 Å². The minimum Gasteiger partial charge on any atom is -0.461 e. The monoisotopic (exact) mass is 431 g/mol. The van der Waals surface area contributed by atoms with Gasteiger partial charge in [0.25, 0.3) is 5.56 Å². The average Bonchev–Trinajstić information content (AvgIpc) is 3.05. The van der Waals surface area contributed by atoms with Gasteiger partial charge in [-0.2, -0.15) is 9.78 Å². The zero-order valence-corrected chi connectivity index (χ0v) is 17.2. The number of carbonyl (C=O) groups excluding carboxylic acids is 2. The molecule has 1 aliphatic rings. The Morgan fingerprint density at radius 1 is 1.38 bits per heavy atom. The van der Waals surface area contributed by atoms with E-state index in [0.29, 0.717) is 21.1 Å². The van der Waals surface area contributed by atoms with Crippen molar-refractivity contribution in [1.29, 1.82) is 0 Å². The lowest BCUT2D eigenvalue weighted by atomic mass is 9.85. The number of halogens is 1. The van der Waals surface area contributed by atoms with Crippen molar-refractivity contribution in [2.24, 2.45) is 5.92 Å². The number of esters is 1. The summed E-state index contributed by atoms with van der Waals surface area (Å²) in [5.74, 6) is -0.778. The highest BCUT2D eigenvalue weighted by molar-refractivity contribution is 7.16. The van der Waals surface area contributed by atoms with E-state index in [1.165, 1.54) is 11.3 Å². The SMILES string of the molecule is CCOC(=O)c1nn(-c2cccc(Cl)c2)c(=O)c2c(NC(=O)C3CCC3)scc12. The van der Waals surface area contributed by atoms with Crippen LogP contribution in [0.25, 0.3) is 16.5 Å². The Hall–Kier alpha value is -2.71. The fourth-order valence-corrected chi connectivity index (χ4v) is 4.28. The second kappa shape index (κ2) is 7.96. The number of benzene rings is 1. The van der Waals surface area contributed by atoms with Crippen molar-refractivity contribution in [3.8, 4) is 5.69 Å². The molecule has 9 heteroatoms. The molecular formula is C20H18ClN3O4S. The van der Waals surface area contributed by atoms with Crippen molar-refractivity contribution < 1.29 is 14.3 Å². The number of rotatable bonds is 5. The number of hydrogen-bond donors (Lipinski definition) is 1. The first-order valence-electron chi connectivity index (χ1n) is 9.28. The molecule has 0 radical (unpaired) electrons. The first kappa shape index (κ1) is 19.6. The van der Waals surface area contributed by atoms with Gasteiger partial charge in [-0.3, -0.25) is 9.59 Å². The first-order chi connectivity index (χ1) is 14.0. The van der Waals surface area contributed by atoms with Gasteiger partial charge in [0, 0.05) is 21.7 Å². The fourth-order valence-electron chi connectivity index (χ4n) is 3.16. The van der Waals surface area contributed by atoms with E-state index in [-0.39, 0.29) is 29.5 Å². The van der Waals surface area contributed by atoms with E-state index in [1.807, 2.05) is 0 Å². The summed E-state index contributed by atoms with van der Waals surface area (Å²) >= 11 is 7.26. The zero-order valence-electron chi connectivity index (χ0n) is 15.6. The van der Waals surface area contributed by atoms with Crippen molar-refractivity contribution in [3.63, 3.8) is 0 Å². The molecule has 0 bridgehead atoms. The normalized spacial score (nSPS) is 13.9. The van der Waals surface area contributed by atoms with E-state index in [4.69, 9.17) is 16.3 Å². The molecule has 0 unspecified atom stereocenters. The van der Waals surface area contributed by atoms with Gasteiger partial charge in [-0.1, -0.05) is 24.1 Å². The topological polar surface area (TPSA) is 90.3 Å². The van der Waals surface area contributed by atoms with Crippen molar-refractivity contribution in [2.75, 3.05) is 11.9 Å². The number of carbonyl (C=O) groups is 2. The molecule has 0 atom stereocenters. The van der Waals surface area contributed by atoms with Gasteiger partial charge in [0.2, 0.25) is 5.91 Å². The van der Waals surface area contributed by atoms with Gasteiger partial charge < -0.3 is 10.1 Å². The standard InChI is InChI=1S/C20H18ClN3O4S/c1-2-28-20(27)16-14-10-29-18(22-17(25)11-5-3-6-11)15(14)19(26)24(23-16)13-8-4-7-12(21)9-13/h4,7-11H,2-3,5-6H2,1H3,(H,22,25). The highest BCUT2D eigenvalue weighted by Crippen LogP contribution is 2.33. The van der Waals surface area contributed by atoms with Gasteiger partial charge in [0.05, 0.1) is 17.7 Å². The molecule has 1 amide bonds. The number of nitrogens with zero attached hydrogens (tertiary/aromatic N) is 2. The third-order valence-corrected chi connectivity index (χ3v) is 6.02. The molecule has 0 spiro atoms. The number of thiophene rings is 1. The van der Waals surface area contributed by atoms with Crippen LogP contribution < -0.4 is 10.9 Å². The number of nitrogens with one attached hydrogen (secondary N) is 1. The highest BCUT2D eigenvalue weighted by atomic mass is 35.5. The molecule has 0 saturated heterocycles. The van der Waals surface area contributed by atoms with E-state index in [1.54, 1.807) is 36.6 Å². The van der Waals surface area contributed by atoms with Crippen molar-refractivity contribution in [2.45, 2.75) is 26.2 Å². The molecular weight excluding hydrogens is 414 g/mol. The van der Waals surface area contributed by atoms with E-state index < -0.39 is 11.5 Å². The molecule has 4 rings (SSSR count). The number of amides is 1. The lowest BCUT2D eigenvalue weighted by Gasteiger charge is -2.23. The number of fused-ring (bicyclic) bond motifs is 1. The van der Waals surface area contributed by atoms with Crippen LogP contribution in [0.1, 0.15) is 36.7 Å². The summed E-state index contributed by atoms with van der Waals surface area (Å²) < 4.78 is 6.24. The largest absolute Gasteiger partial charge is 0.461 e. The predicted molar refractivity (Wildman–Crippen MR) is 112 cm³/mol. The Bertz CT molecular complexity index is 1170. The van der Waals surface area contributed by atoms with Crippen molar-refractivity contribution in [1.82, 2.24) is 9.78 Å². The third-order valence-electron chi connectivity index (χ3n) is 4.89. The van der Waals surface area contributed by atoms with Gasteiger partial charge in [-0.15, -0.1) is 11.3 Å². The zero-order chi connectivity index (χ0) is 20.5. The van der Waals surface area contributed by atoms with Crippen LogP contribution in [-0.2, 0) is 9.53 Å². The Kier molecular flexibility index (Phi) is 5.38. The summed E-state index contributed by atoms with van der Waals surface area (Å²) in [5, 5.41) is 10.2. The molecule has 1 saturated carbocycles. The van der Waals surface area contributed by atoms with Crippen LogP contribution in [-0.4, -0.2) is 28.3 Å². The molecule has 0 aliphatic heterocycles. The van der Waals surface area contributed by atoms with Gasteiger partial charge in [-0.25, -0.2) is 4.79 Å². The molecule has 1 N–H and O–H groups in total.